The van der Waals surface area contributed by atoms with Gasteiger partial charge in [0.25, 0.3) is 0 Å². The second-order valence-electron chi connectivity index (χ2n) is 4.10. The van der Waals surface area contributed by atoms with Gasteiger partial charge in [0.1, 0.15) is 5.69 Å². The van der Waals surface area contributed by atoms with Crippen molar-refractivity contribution >= 4 is 11.4 Å². The fourth-order valence-electron chi connectivity index (χ4n) is 1.91. The summed E-state index contributed by atoms with van der Waals surface area (Å²) in [6, 6.07) is 11.0. The van der Waals surface area contributed by atoms with Crippen molar-refractivity contribution in [2.45, 2.75) is 6.92 Å². The summed E-state index contributed by atoms with van der Waals surface area (Å²) in [5, 5.41) is 4.23. The van der Waals surface area contributed by atoms with Gasteiger partial charge < -0.3 is 0 Å². The van der Waals surface area contributed by atoms with Crippen LogP contribution in [0.3, 0.4) is 0 Å². The fraction of sp³-hybridized carbons (Fsp3) is 0.0714. The van der Waals surface area contributed by atoms with Gasteiger partial charge >= 0.3 is 0 Å². The number of nitrogens with zero attached hydrogens (tertiary/aromatic N) is 3. The Bertz CT molecular complexity index is 697. The molecule has 0 atom stereocenters. The number of benzene rings is 1. The number of rotatable bonds is 2. The third kappa shape index (κ3) is 1.68. The Morgan fingerprint density at radius 2 is 2.06 bits per heavy atom. The molecule has 0 spiro atoms. The molecule has 88 valence electrons. The first-order valence-corrected chi connectivity index (χ1v) is 5.66. The van der Waals surface area contributed by atoms with Gasteiger partial charge in [-0.2, -0.15) is 5.10 Å². The van der Waals surface area contributed by atoms with Crippen LogP contribution in [0.15, 0.2) is 48.8 Å². The van der Waals surface area contributed by atoms with Crippen LogP contribution >= 0.6 is 0 Å². The molecule has 0 radical (unpaired) electrons. The van der Waals surface area contributed by atoms with E-state index in [-0.39, 0.29) is 5.78 Å². The number of fused-ring (bicyclic) bond motifs is 1. The lowest BCUT2D eigenvalue weighted by Crippen LogP contribution is -2.04. The van der Waals surface area contributed by atoms with E-state index in [0.717, 1.165) is 5.56 Å². The number of hydrogen-bond donors (Lipinski definition) is 0. The third-order valence-electron chi connectivity index (χ3n) is 2.86. The Balaban J connectivity index is 2.10. The van der Waals surface area contributed by atoms with Crippen LogP contribution in [-0.4, -0.2) is 20.4 Å². The van der Waals surface area contributed by atoms with E-state index in [1.54, 1.807) is 29.0 Å². The Morgan fingerprint density at radius 1 is 1.22 bits per heavy atom. The van der Waals surface area contributed by atoms with E-state index in [2.05, 4.69) is 10.1 Å². The van der Waals surface area contributed by atoms with Crippen molar-refractivity contribution in [2.75, 3.05) is 0 Å². The highest BCUT2D eigenvalue weighted by Crippen LogP contribution is 2.13. The van der Waals surface area contributed by atoms with Crippen molar-refractivity contribution in [1.82, 2.24) is 14.6 Å². The molecule has 0 saturated heterocycles. The zero-order chi connectivity index (χ0) is 12.5. The Hall–Kier alpha value is -2.49. The summed E-state index contributed by atoms with van der Waals surface area (Å²) in [5.41, 5.74) is 2.73. The molecule has 4 heteroatoms. The first-order valence-electron chi connectivity index (χ1n) is 5.66. The molecule has 0 fully saturated rings. The number of carbonyl (C=O) groups is 1. The molecule has 0 amide bonds. The topological polar surface area (TPSA) is 47.3 Å². The average molecular weight is 237 g/mol. The first kappa shape index (κ1) is 10.7. The van der Waals surface area contributed by atoms with Crippen molar-refractivity contribution in [3.63, 3.8) is 0 Å². The quantitative estimate of drug-likeness (QED) is 0.642. The molecule has 2 aromatic heterocycles. The van der Waals surface area contributed by atoms with Crippen LogP contribution in [0.1, 0.15) is 21.6 Å². The summed E-state index contributed by atoms with van der Waals surface area (Å²) >= 11 is 0. The molecule has 0 aliphatic rings. The van der Waals surface area contributed by atoms with E-state index in [4.69, 9.17) is 0 Å². The molecular weight excluding hydrogens is 226 g/mol. The van der Waals surface area contributed by atoms with Gasteiger partial charge in [-0.25, -0.2) is 9.50 Å². The highest BCUT2D eigenvalue weighted by atomic mass is 16.1. The minimum atomic E-state index is -0.0707. The molecule has 2 heterocycles. The van der Waals surface area contributed by atoms with E-state index < -0.39 is 0 Å². The molecular formula is C14H11N3O. The van der Waals surface area contributed by atoms with Crippen LogP contribution in [0.5, 0.6) is 0 Å². The van der Waals surface area contributed by atoms with Crippen molar-refractivity contribution in [2.24, 2.45) is 0 Å². The minimum absolute atomic E-state index is 0.0707. The Morgan fingerprint density at radius 3 is 2.83 bits per heavy atom. The summed E-state index contributed by atoms with van der Waals surface area (Å²) in [6.45, 7) is 1.92. The van der Waals surface area contributed by atoms with Gasteiger partial charge in [-0.15, -0.1) is 0 Å². The second kappa shape index (κ2) is 4.07. The highest BCUT2D eigenvalue weighted by molar-refractivity contribution is 6.09. The van der Waals surface area contributed by atoms with Crippen LogP contribution in [0.25, 0.3) is 5.65 Å². The predicted octanol–water partition coefficient (Wildman–Crippen LogP) is 2.27. The maximum Gasteiger partial charge on any atom is 0.213 e. The summed E-state index contributed by atoms with van der Waals surface area (Å²) in [7, 11) is 0. The maximum atomic E-state index is 12.3. The lowest BCUT2D eigenvalue weighted by Gasteiger charge is -2.00. The molecule has 4 nitrogen and oxygen atoms in total. The third-order valence-corrected chi connectivity index (χ3v) is 2.86. The summed E-state index contributed by atoms with van der Waals surface area (Å²) in [5.74, 6) is -0.0707. The van der Waals surface area contributed by atoms with Gasteiger partial charge in [-0.05, 0) is 18.6 Å². The van der Waals surface area contributed by atoms with E-state index in [1.807, 2.05) is 31.2 Å². The molecule has 0 saturated carbocycles. The number of aromatic nitrogens is 3. The van der Waals surface area contributed by atoms with Gasteiger partial charge in [0, 0.05) is 24.0 Å². The van der Waals surface area contributed by atoms with E-state index >= 15 is 0 Å². The lowest BCUT2D eigenvalue weighted by molar-refractivity contribution is 0.103. The molecule has 3 aromatic rings. The van der Waals surface area contributed by atoms with Crippen LogP contribution in [0.4, 0.5) is 0 Å². The zero-order valence-corrected chi connectivity index (χ0v) is 9.87. The van der Waals surface area contributed by atoms with E-state index in [1.165, 1.54) is 0 Å². The van der Waals surface area contributed by atoms with Crippen molar-refractivity contribution in [3.05, 3.63) is 65.6 Å². The molecule has 3 rings (SSSR count). The van der Waals surface area contributed by atoms with Crippen LogP contribution in [0.2, 0.25) is 0 Å². The fourth-order valence-corrected chi connectivity index (χ4v) is 1.91. The van der Waals surface area contributed by atoms with Crippen LogP contribution < -0.4 is 0 Å². The largest absolute Gasteiger partial charge is 0.287 e. The molecule has 18 heavy (non-hydrogen) atoms. The van der Waals surface area contributed by atoms with Crippen molar-refractivity contribution in [3.8, 4) is 0 Å². The summed E-state index contributed by atoms with van der Waals surface area (Å²) in [6.07, 6.45) is 3.45. The number of aryl methyl sites for hydroxylation is 1. The second-order valence-corrected chi connectivity index (χ2v) is 4.10. The summed E-state index contributed by atoms with van der Waals surface area (Å²) in [4.78, 5) is 16.5. The first-order chi connectivity index (χ1) is 8.75. The van der Waals surface area contributed by atoms with Gasteiger partial charge in [-0.1, -0.05) is 24.3 Å². The minimum Gasteiger partial charge on any atom is -0.287 e. The van der Waals surface area contributed by atoms with E-state index in [0.29, 0.717) is 16.9 Å². The van der Waals surface area contributed by atoms with Gasteiger partial charge in [-0.3, -0.25) is 4.79 Å². The van der Waals surface area contributed by atoms with Gasteiger partial charge in [0.2, 0.25) is 5.78 Å². The normalized spacial score (nSPS) is 10.7. The zero-order valence-electron chi connectivity index (χ0n) is 9.87. The van der Waals surface area contributed by atoms with Gasteiger partial charge in [0.15, 0.2) is 5.65 Å². The molecule has 0 aliphatic carbocycles. The smallest absolute Gasteiger partial charge is 0.213 e. The highest BCUT2D eigenvalue weighted by Gasteiger charge is 2.15. The molecule has 0 aliphatic heterocycles. The standard InChI is InChI=1S/C14H11N3O/c1-10-5-2-3-6-11(10)14(18)12-9-13-15-7-4-8-17(13)16-12/h2-9H,1H3. The van der Waals surface area contributed by atoms with Crippen molar-refractivity contribution in [1.29, 1.82) is 0 Å². The monoisotopic (exact) mass is 237 g/mol. The Labute approximate surface area is 104 Å². The lowest BCUT2D eigenvalue weighted by atomic mass is 10.0. The number of ketones is 1. The molecule has 1 aromatic carbocycles. The Kier molecular flexibility index (Phi) is 2.41. The van der Waals surface area contributed by atoms with Crippen LogP contribution in [0, 0.1) is 6.92 Å². The maximum absolute atomic E-state index is 12.3. The molecule has 0 unspecified atom stereocenters. The average Bonchev–Trinajstić information content (AvgIpc) is 2.82. The number of carbonyl (C=O) groups excluding carboxylic acids is 1. The predicted molar refractivity (Wildman–Crippen MR) is 67.6 cm³/mol. The molecule has 0 N–H and O–H groups in total. The SMILES string of the molecule is Cc1ccccc1C(=O)c1cc2ncccn2n1. The van der Waals surface area contributed by atoms with Crippen molar-refractivity contribution < 1.29 is 4.79 Å². The molecule has 0 bridgehead atoms. The van der Waals surface area contributed by atoms with Gasteiger partial charge in [0.05, 0.1) is 0 Å². The number of hydrogen-bond acceptors (Lipinski definition) is 3. The van der Waals surface area contributed by atoms with Crippen LogP contribution in [-0.2, 0) is 0 Å². The van der Waals surface area contributed by atoms with E-state index in [9.17, 15) is 4.79 Å². The summed E-state index contributed by atoms with van der Waals surface area (Å²) < 4.78 is 1.60.